The van der Waals surface area contributed by atoms with E-state index in [4.69, 9.17) is 40.5 Å². The summed E-state index contributed by atoms with van der Waals surface area (Å²) in [5, 5.41) is 4.37. The van der Waals surface area contributed by atoms with Crippen molar-refractivity contribution in [1.29, 1.82) is 0 Å². The number of nitrogens with two attached hydrogens (primary N) is 1. The molecule has 0 saturated heterocycles. The first-order valence-corrected chi connectivity index (χ1v) is 10.1. The van der Waals surface area contributed by atoms with Crippen LogP contribution in [0.3, 0.4) is 0 Å². The molecule has 4 aromatic rings. The van der Waals surface area contributed by atoms with Crippen molar-refractivity contribution in [2.24, 2.45) is 5.73 Å². The van der Waals surface area contributed by atoms with E-state index < -0.39 is 0 Å². The maximum absolute atomic E-state index is 12.8. The Morgan fingerprint density at radius 1 is 1.07 bits per heavy atom. The molecule has 0 atom stereocenters. The van der Waals surface area contributed by atoms with Gasteiger partial charge in [0.25, 0.3) is 5.91 Å². The zero-order chi connectivity index (χ0) is 21.4. The van der Waals surface area contributed by atoms with Crippen molar-refractivity contribution < 1.29 is 4.79 Å². The molecule has 0 unspecified atom stereocenters. The molecule has 0 spiro atoms. The summed E-state index contributed by atoms with van der Waals surface area (Å²) in [5.74, 6) is -0.00472. The predicted molar refractivity (Wildman–Crippen MR) is 120 cm³/mol. The highest BCUT2D eigenvalue weighted by molar-refractivity contribution is 6.36. The molecule has 0 aliphatic rings. The molecule has 30 heavy (non-hydrogen) atoms. The SMILES string of the molecule is Cc1nc2nc(C(=O)Nc3ccc(Cl)cc3)cn2c(-c2ccc(Cl)cc2Cl)c1CN. The fraction of sp³-hybridized carbons (Fsp3) is 0.0952. The van der Waals surface area contributed by atoms with Crippen molar-refractivity contribution in [2.45, 2.75) is 13.5 Å². The highest BCUT2D eigenvalue weighted by Crippen LogP contribution is 2.34. The lowest BCUT2D eigenvalue weighted by Crippen LogP contribution is -2.12. The molecule has 3 N–H and O–H groups in total. The number of nitrogens with zero attached hydrogens (tertiary/aromatic N) is 3. The minimum atomic E-state index is -0.372. The average molecular weight is 461 g/mol. The quantitative estimate of drug-likeness (QED) is 0.428. The summed E-state index contributed by atoms with van der Waals surface area (Å²) >= 11 is 18.4. The van der Waals surface area contributed by atoms with E-state index in [1.807, 2.05) is 13.0 Å². The maximum atomic E-state index is 12.8. The lowest BCUT2D eigenvalue weighted by atomic mass is 10.0. The second kappa shape index (κ2) is 8.24. The number of imidazole rings is 1. The van der Waals surface area contributed by atoms with Crippen LogP contribution in [-0.4, -0.2) is 20.3 Å². The van der Waals surface area contributed by atoms with Crippen LogP contribution in [0.5, 0.6) is 0 Å². The monoisotopic (exact) mass is 459 g/mol. The normalized spacial score (nSPS) is 11.1. The lowest BCUT2D eigenvalue weighted by Gasteiger charge is -2.14. The fourth-order valence-electron chi connectivity index (χ4n) is 3.20. The van der Waals surface area contributed by atoms with Crippen molar-refractivity contribution in [1.82, 2.24) is 14.4 Å². The van der Waals surface area contributed by atoms with E-state index in [-0.39, 0.29) is 18.1 Å². The number of hydrogen-bond donors (Lipinski definition) is 2. The van der Waals surface area contributed by atoms with Crippen molar-refractivity contribution in [2.75, 3.05) is 5.32 Å². The highest BCUT2D eigenvalue weighted by atomic mass is 35.5. The Morgan fingerprint density at radius 3 is 2.43 bits per heavy atom. The van der Waals surface area contributed by atoms with Crippen molar-refractivity contribution in [3.8, 4) is 11.3 Å². The molecule has 6 nitrogen and oxygen atoms in total. The summed E-state index contributed by atoms with van der Waals surface area (Å²) in [7, 11) is 0. The lowest BCUT2D eigenvalue weighted by molar-refractivity contribution is 0.102. The van der Waals surface area contributed by atoms with E-state index in [1.54, 1.807) is 47.0 Å². The largest absolute Gasteiger partial charge is 0.326 e. The van der Waals surface area contributed by atoms with Crippen LogP contribution >= 0.6 is 34.8 Å². The van der Waals surface area contributed by atoms with Crippen molar-refractivity contribution in [3.63, 3.8) is 0 Å². The number of hydrogen-bond acceptors (Lipinski definition) is 4. The fourth-order valence-corrected chi connectivity index (χ4v) is 3.83. The van der Waals surface area contributed by atoms with Gasteiger partial charge in [0, 0.05) is 45.3 Å². The van der Waals surface area contributed by atoms with Crippen molar-refractivity contribution >= 4 is 52.2 Å². The number of anilines is 1. The van der Waals surface area contributed by atoms with Crippen LogP contribution in [0, 0.1) is 6.92 Å². The van der Waals surface area contributed by atoms with Crippen LogP contribution < -0.4 is 11.1 Å². The molecule has 0 aliphatic carbocycles. The maximum Gasteiger partial charge on any atom is 0.275 e. The molecule has 0 radical (unpaired) electrons. The van der Waals surface area contributed by atoms with Crippen molar-refractivity contribution in [3.05, 3.63) is 80.7 Å². The average Bonchev–Trinajstić information content (AvgIpc) is 3.13. The van der Waals surface area contributed by atoms with Gasteiger partial charge >= 0.3 is 0 Å². The number of carbonyl (C=O) groups excluding carboxylic acids is 1. The highest BCUT2D eigenvalue weighted by Gasteiger charge is 2.20. The van der Waals surface area contributed by atoms with Crippen LogP contribution in [0.4, 0.5) is 5.69 Å². The van der Waals surface area contributed by atoms with Gasteiger partial charge in [-0.05, 0) is 49.4 Å². The molecular formula is C21H16Cl3N5O. The third-order valence-corrected chi connectivity index (χ3v) is 5.44. The Balaban J connectivity index is 1.84. The Kier molecular flexibility index (Phi) is 5.66. The number of halogens is 3. The second-order valence-corrected chi connectivity index (χ2v) is 7.89. The number of aromatic nitrogens is 3. The minimum absolute atomic E-state index is 0.206. The van der Waals surface area contributed by atoms with Gasteiger partial charge in [0.15, 0.2) is 0 Å². The van der Waals surface area contributed by atoms with Gasteiger partial charge in [-0.2, -0.15) is 0 Å². The summed E-state index contributed by atoms with van der Waals surface area (Å²) < 4.78 is 1.72. The van der Waals surface area contributed by atoms with Gasteiger partial charge in [-0.3, -0.25) is 9.20 Å². The first-order valence-electron chi connectivity index (χ1n) is 8.98. The molecule has 4 rings (SSSR count). The Bertz CT molecular complexity index is 1270. The smallest absolute Gasteiger partial charge is 0.275 e. The van der Waals surface area contributed by atoms with Gasteiger partial charge in [0.2, 0.25) is 5.78 Å². The van der Waals surface area contributed by atoms with Gasteiger partial charge < -0.3 is 11.1 Å². The van der Waals surface area contributed by atoms with Crippen LogP contribution in [0.1, 0.15) is 21.7 Å². The molecule has 9 heteroatoms. The zero-order valence-electron chi connectivity index (χ0n) is 15.8. The van der Waals surface area contributed by atoms with E-state index in [1.165, 1.54) is 0 Å². The molecule has 2 aromatic carbocycles. The van der Waals surface area contributed by atoms with E-state index in [2.05, 4.69) is 15.3 Å². The Hall–Kier alpha value is -2.64. The topological polar surface area (TPSA) is 85.3 Å². The Labute approximate surface area is 187 Å². The summed E-state index contributed by atoms with van der Waals surface area (Å²) in [5.41, 5.74) is 9.77. The van der Waals surface area contributed by atoms with Gasteiger partial charge in [-0.25, -0.2) is 9.97 Å². The predicted octanol–water partition coefficient (Wildman–Crippen LogP) is 5.38. The second-order valence-electron chi connectivity index (χ2n) is 6.61. The molecule has 2 heterocycles. The van der Waals surface area contributed by atoms with E-state index in [0.29, 0.717) is 32.2 Å². The van der Waals surface area contributed by atoms with E-state index >= 15 is 0 Å². The first kappa shape index (κ1) is 20.6. The van der Waals surface area contributed by atoms with Gasteiger partial charge in [-0.1, -0.05) is 34.8 Å². The number of benzene rings is 2. The summed E-state index contributed by atoms with van der Waals surface area (Å²) in [6, 6.07) is 12.0. The molecule has 0 aliphatic heterocycles. The number of amides is 1. The third-order valence-electron chi connectivity index (χ3n) is 4.64. The van der Waals surface area contributed by atoms with Gasteiger partial charge in [0.1, 0.15) is 5.69 Å². The summed E-state index contributed by atoms with van der Waals surface area (Å²) in [6.45, 7) is 2.09. The van der Waals surface area contributed by atoms with E-state index in [0.717, 1.165) is 16.8 Å². The molecule has 1 amide bonds. The minimum Gasteiger partial charge on any atom is -0.326 e. The molecular weight excluding hydrogens is 445 g/mol. The van der Waals surface area contributed by atoms with Crippen LogP contribution in [-0.2, 0) is 6.54 Å². The standard InChI is InChI=1S/C21H16Cl3N5O/c1-11-16(9-25)19(15-7-4-13(23)8-17(15)24)29-10-18(28-21(29)26-11)20(30)27-14-5-2-12(22)3-6-14/h2-8,10H,9,25H2,1H3,(H,27,30). The van der Waals surface area contributed by atoms with Crippen LogP contribution in [0.15, 0.2) is 48.7 Å². The Morgan fingerprint density at radius 2 is 1.77 bits per heavy atom. The van der Waals surface area contributed by atoms with Crippen LogP contribution in [0.2, 0.25) is 15.1 Å². The molecule has 2 aromatic heterocycles. The van der Waals surface area contributed by atoms with Gasteiger partial charge in [-0.15, -0.1) is 0 Å². The summed E-state index contributed by atoms with van der Waals surface area (Å²) in [4.78, 5) is 21.7. The van der Waals surface area contributed by atoms with Gasteiger partial charge in [0.05, 0.1) is 10.7 Å². The number of aryl methyl sites for hydroxylation is 1. The molecule has 0 bridgehead atoms. The number of fused-ring (bicyclic) bond motifs is 1. The number of carbonyl (C=O) groups is 1. The number of rotatable bonds is 4. The molecule has 0 saturated carbocycles. The molecule has 152 valence electrons. The molecule has 0 fully saturated rings. The summed E-state index contributed by atoms with van der Waals surface area (Å²) in [6.07, 6.45) is 1.62. The number of nitrogens with one attached hydrogen (secondary N) is 1. The zero-order valence-corrected chi connectivity index (χ0v) is 18.1. The first-order chi connectivity index (χ1) is 14.4. The van der Waals surface area contributed by atoms with Crippen LogP contribution in [0.25, 0.3) is 17.0 Å². The van der Waals surface area contributed by atoms with E-state index in [9.17, 15) is 4.79 Å². The third kappa shape index (κ3) is 3.87.